The van der Waals surface area contributed by atoms with Crippen LogP contribution in [0.4, 0.5) is 0 Å². The van der Waals surface area contributed by atoms with Gasteiger partial charge in [-0.3, -0.25) is 10.1 Å². The number of nitrogens with one attached hydrogen (secondary N) is 2. The summed E-state index contributed by atoms with van der Waals surface area (Å²) in [6.45, 7) is 4.85. The second kappa shape index (κ2) is 11.5. The Labute approximate surface area is 161 Å². The molecular formula is C18H29ClN2O3S. The molecule has 1 amide bonds. The number of unbranched alkanes of at least 4 members (excludes halogenated alkanes) is 2. The molecule has 2 N–H and O–H groups in total. The van der Waals surface area contributed by atoms with Crippen LogP contribution in [0, 0.1) is 0 Å². The number of carbonyl (C=O) groups is 1. The third-order valence-corrected chi connectivity index (χ3v) is 5.02. The van der Waals surface area contributed by atoms with Gasteiger partial charge in [0.1, 0.15) is 0 Å². The van der Waals surface area contributed by atoms with Crippen LogP contribution >= 0.6 is 24.2 Å². The van der Waals surface area contributed by atoms with Crippen LogP contribution in [0.25, 0.3) is 0 Å². The normalized spacial score (nSPS) is 17.5. The highest BCUT2D eigenvalue weighted by Crippen LogP contribution is 2.30. The van der Waals surface area contributed by atoms with Gasteiger partial charge < -0.3 is 14.8 Å². The lowest BCUT2D eigenvalue weighted by Gasteiger charge is -2.19. The Morgan fingerprint density at radius 3 is 2.84 bits per heavy atom. The van der Waals surface area contributed by atoms with Crippen LogP contribution < -0.4 is 20.1 Å². The number of benzene rings is 1. The van der Waals surface area contributed by atoms with Gasteiger partial charge in [0.05, 0.1) is 25.8 Å². The largest absolute Gasteiger partial charge is 0.493 e. The first kappa shape index (κ1) is 21.9. The summed E-state index contributed by atoms with van der Waals surface area (Å²) < 4.78 is 11.2. The highest BCUT2D eigenvalue weighted by Gasteiger charge is 2.24. The average molecular weight is 389 g/mol. The molecule has 0 aromatic heterocycles. The number of hydrogen-bond acceptors (Lipinski definition) is 5. The molecule has 0 aliphatic carbocycles. The maximum atomic E-state index is 12.2. The molecule has 142 valence electrons. The third-order valence-electron chi connectivity index (χ3n) is 4.08. The lowest BCUT2D eigenvalue weighted by molar-refractivity contribution is -0.123. The Morgan fingerprint density at radius 1 is 1.40 bits per heavy atom. The molecule has 0 spiro atoms. The average Bonchev–Trinajstić information content (AvgIpc) is 3.13. The van der Waals surface area contributed by atoms with Crippen molar-refractivity contribution < 1.29 is 14.3 Å². The Balaban J connectivity index is 0.00000312. The molecule has 1 aliphatic heterocycles. The second-order valence-electron chi connectivity index (χ2n) is 5.97. The van der Waals surface area contributed by atoms with Gasteiger partial charge >= 0.3 is 0 Å². The number of rotatable bonds is 9. The Hall–Kier alpha value is -1.11. The molecule has 1 heterocycles. The van der Waals surface area contributed by atoms with E-state index >= 15 is 0 Å². The predicted octanol–water partition coefficient (Wildman–Crippen LogP) is 3.53. The summed E-state index contributed by atoms with van der Waals surface area (Å²) in [6, 6.07) is 5.68. The Bertz CT molecular complexity index is 539. The van der Waals surface area contributed by atoms with Crippen LogP contribution in [0.3, 0.4) is 0 Å². The van der Waals surface area contributed by atoms with E-state index < -0.39 is 0 Å². The quantitative estimate of drug-likeness (QED) is 0.634. The zero-order chi connectivity index (χ0) is 17.4. The van der Waals surface area contributed by atoms with E-state index in [0.29, 0.717) is 12.4 Å². The molecule has 2 unspecified atom stereocenters. The minimum Gasteiger partial charge on any atom is -0.493 e. The van der Waals surface area contributed by atoms with Crippen LogP contribution in [0.15, 0.2) is 18.2 Å². The highest BCUT2D eigenvalue weighted by atomic mass is 35.5. The van der Waals surface area contributed by atoms with E-state index in [1.165, 1.54) is 6.42 Å². The van der Waals surface area contributed by atoms with Crippen molar-refractivity contribution in [2.45, 2.75) is 45.2 Å². The summed E-state index contributed by atoms with van der Waals surface area (Å²) in [5.74, 6) is 3.17. The SMILES string of the molecule is CCCCCOc1ccc(C(C)NC(=O)C2CSCN2)cc1OC.Cl. The van der Waals surface area contributed by atoms with E-state index in [1.54, 1.807) is 18.9 Å². The Morgan fingerprint density at radius 2 is 2.20 bits per heavy atom. The molecule has 25 heavy (non-hydrogen) atoms. The van der Waals surface area contributed by atoms with Gasteiger partial charge in [0.25, 0.3) is 0 Å². The van der Waals surface area contributed by atoms with Gasteiger partial charge in [-0.05, 0) is 31.0 Å². The number of ether oxygens (including phenoxy) is 2. The van der Waals surface area contributed by atoms with Gasteiger partial charge in [-0.1, -0.05) is 25.8 Å². The maximum absolute atomic E-state index is 12.2. The molecule has 1 aromatic rings. The first-order valence-corrected chi connectivity index (χ1v) is 9.73. The van der Waals surface area contributed by atoms with Gasteiger partial charge in [-0.25, -0.2) is 0 Å². The smallest absolute Gasteiger partial charge is 0.238 e. The summed E-state index contributed by atoms with van der Waals surface area (Å²) >= 11 is 1.74. The fraction of sp³-hybridized carbons (Fsp3) is 0.611. The summed E-state index contributed by atoms with van der Waals surface area (Å²) in [7, 11) is 1.64. The van der Waals surface area contributed by atoms with Gasteiger partial charge in [-0.2, -0.15) is 0 Å². The number of hydrogen-bond donors (Lipinski definition) is 2. The minimum absolute atomic E-state index is 0. The number of thioether (sulfide) groups is 1. The number of halogens is 1. The van der Waals surface area contributed by atoms with Crippen LogP contribution in [-0.2, 0) is 4.79 Å². The van der Waals surface area contributed by atoms with Crippen LogP contribution in [-0.4, -0.2) is 37.3 Å². The molecule has 1 fully saturated rings. The zero-order valence-electron chi connectivity index (χ0n) is 15.2. The third kappa shape index (κ3) is 6.60. The molecule has 0 radical (unpaired) electrons. The van der Waals surface area contributed by atoms with E-state index in [2.05, 4.69) is 17.6 Å². The van der Waals surface area contributed by atoms with E-state index in [-0.39, 0.29) is 30.4 Å². The van der Waals surface area contributed by atoms with E-state index in [0.717, 1.165) is 35.8 Å². The van der Waals surface area contributed by atoms with Gasteiger partial charge in [0.15, 0.2) is 11.5 Å². The minimum atomic E-state index is -0.0967. The van der Waals surface area contributed by atoms with Crippen molar-refractivity contribution in [1.82, 2.24) is 10.6 Å². The first-order valence-electron chi connectivity index (χ1n) is 8.58. The summed E-state index contributed by atoms with van der Waals surface area (Å²) in [5.41, 5.74) is 1.01. The van der Waals surface area contributed by atoms with Gasteiger partial charge in [0, 0.05) is 11.6 Å². The lowest BCUT2D eigenvalue weighted by atomic mass is 10.1. The molecule has 7 heteroatoms. The standard InChI is InChI=1S/C18H28N2O3S.ClH/c1-4-5-6-9-23-16-8-7-14(10-17(16)22-3)13(2)20-18(21)15-11-24-12-19-15;/h7-8,10,13,15,19H,4-6,9,11-12H2,1-3H3,(H,20,21);1H. The molecule has 2 rings (SSSR count). The molecule has 0 bridgehead atoms. The zero-order valence-corrected chi connectivity index (χ0v) is 16.8. The Kier molecular flexibility index (Phi) is 10.1. The van der Waals surface area contributed by atoms with Crippen molar-refractivity contribution in [2.75, 3.05) is 25.3 Å². The van der Waals surface area contributed by atoms with Crippen molar-refractivity contribution in [3.05, 3.63) is 23.8 Å². The maximum Gasteiger partial charge on any atom is 0.238 e. The highest BCUT2D eigenvalue weighted by molar-refractivity contribution is 7.99. The van der Waals surface area contributed by atoms with Crippen LogP contribution in [0.1, 0.15) is 44.7 Å². The lowest BCUT2D eigenvalue weighted by Crippen LogP contribution is -2.42. The number of methoxy groups -OCH3 is 1. The van der Waals surface area contributed by atoms with Crippen molar-refractivity contribution in [3.63, 3.8) is 0 Å². The molecule has 2 atom stereocenters. The molecule has 0 saturated carbocycles. The van der Waals surface area contributed by atoms with Gasteiger partial charge in [0.2, 0.25) is 5.91 Å². The topological polar surface area (TPSA) is 59.6 Å². The van der Waals surface area contributed by atoms with Crippen LogP contribution in [0.2, 0.25) is 0 Å². The molecular weight excluding hydrogens is 360 g/mol. The molecule has 5 nitrogen and oxygen atoms in total. The van der Waals surface area contributed by atoms with E-state index in [4.69, 9.17) is 9.47 Å². The fourth-order valence-electron chi connectivity index (χ4n) is 2.57. The van der Waals surface area contributed by atoms with Crippen LogP contribution in [0.5, 0.6) is 11.5 Å². The van der Waals surface area contributed by atoms with Crippen molar-refractivity contribution in [2.24, 2.45) is 0 Å². The monoisotopic (exact) mass is 388 g/mol. The molecule has 1 aliphatic rings. The molecule has 1 aromatic carbocycles. The summed E-state index contributed by atoms with van der Waals surface area (Å²) in [5, 5.41) is 6.24. The second-order valence-corrected chi connectivity index (χ2v) is 7.00. The van der Waals surface area contributed by atoms with Crippen molar-refractivity contribution >= 4 is 30.1 Å². The predicted molar refractivity (Wildman–Crippen MR) is 106 cm³/mol. The number of amides is 1. The summed E-state index contributed by atoms with van der Waals surface area (Å²) in [6.07, 6.45) is 3.38. The van der Waals surface area contributed by atoms with Gasteiger partial charge in [-0.15, -0.1) is 24.2 Å². The van der Waals surface area contributed by atoms with E-state index in [9.17, 15) is 4.79 Å². The van der Waals surface area contributed by atoms with Crippen molar-refractivity contribution in [3.8, 4) is 11.5 Å². The van der Waals surface area contributed by atoms with Crippen molar-refractivity contribution in [1.29, 1.82) is 0 Å². The molecule has 1 saturated heterocycles. The summed E-state index contributed by atoms with van der Waals surface area (Å²) in [4.78, 5) is 12.2. The first-order chi connectivity index (χ1) is 11.7. The fourth-order valence-corrected chi connectivity index (χ4v) is 3.51. The number of carbonyl (C=O) groups excluding carboxylic acids is 1. The van der Waals surface area contributed by atoms with E-state index in [1.807, 2.05) is 25.1 Å².